The van der Waals surface area contributed by atoms with Gasteiger partial charge in [-0.25, -0.2) is 0 Å². The second kappa shape index (κ2) is 5.32. The SMILES string of the molecule is Cc1ccsc1C#CCN1CCNCC1. The minimum Gasteiger partial charge on any atom is -0.314 e. The lowest BCUT2D eigenvalue weighted by molar-refractivity contribution is 0.268. The fourth-order valence-electron chi connectivity index (χ4n) is 1.60. The highest BCUT2D eigenvalue weighted by Gasteiger charge is 2.06. The van der Waals surface area contributed by atoms with Crippen LogP contribution in [0.4, 0.5) is 0 Å². The minimum atomic E-state index is 0.902. The molecule has 3 heteroatoms. The molecule has 0 spiro atoms. The molecule has 1 fully saturated rings. The third kappa shape index (κ3) is 3.07. The summed E-state index contributed by atoms with van der Waals surface area (Å²) in [5, 5.41) is 5.44. The van der Waals surface area contributed by atoms with Crippen molar-refractivity contribution in [1.29, 1.82) is 0 Å². The molecule has 0 atom stereocenters. The van der Waals surface area contributed by atoms with Crippen LogP contribution in [-0.4, -0.2) is 37.6 Å². The molecule has 0 radical (unpaired) electrons. The Bertz CT molecular complexity index is 366. The molecule has 0 amide bonds. The van der Waals surface area contributed by atoms with Gasteiger partial charge < -0.3 is 5.32 Å². The van der Waals surface area contributed by atoms with Crippen LogP contribution in [0.1, 0.15) is 10.4 Å². The van der Waals surface area contributed by atoms with Crippen molar-refractivity contribution in [3.8, 4) is 11.8 Å². The first-order chi connectivity index (χ1) is 7.36. The zero-order valence-electron chi connectivity index (χ0n) is 9.05. The third-order valence-corrected chi connectivity index (χ3v) is 3.51. The largest absolute Gasteiger partial charge is 0.314 e. The van der Waals surface area contributed by atoms with Crippen LogP contribution < -0.4 is 5.32 Å². The van der Waals surface area contributed by atoms with Crippen LogP contribution in [0.3, 0.4) is 0 Å². The standard InChI is InChI=1S/C12H16N2S/c1-11-4-10-15-12(11)3-2-7-14-8-5-13-6-9-14/h4,10,13H,5-9H2,1H3. The molecular formula is C12H16N2S. The highest BCUT2D eigenvalue weighted by molar-refractivity contribution is 7.10. The van der Waals surface area contributed by atoms with E-state index in [0.717, 1.165) is 32.7 Å². The van der Waals surface area contributed by atoms with Crippen molar-refractivity contribution in [3.63, 3.8) is 0 Å². The van der Waals surface area contributed by atoms with Gasteiger partial charge in [0.15, 0.2) is 0 Å². The monoisotopic (exact) mass is 220 g/mol. The Balaban J connectivity index is 1.87. The maximum Gasteiger partial charge on any atom is 0.0797 e. The number of aryl methyl sites for hydroxylation is 1. The third-order valence-electron chi connectivity index (χ3n) is 2.58. The van der Waals surface area contributed by atoms with E-state index in [1.807, 2.05) is 0 Å². The van der Waals surface area contributed by atoms with Gasteiger partial charge in [-0.1, -0.05) is 11.8 Å². The first-order valence-corrected chi connectivity index (χ1v) is 6.20. The molecule has 0 aliphatic carbocycles. The van der Waals surface area contributed by atoms with Crippen LogP contribution in [0.2, 0.25) is 0 Å². The van der Waals surface area contributed by atoms with Crippen molar-refractivity contribution in [2.45, 2.75) is 6.92 Å². The van der Waals surface area contributed by atoms with Crippen molar-refractivity contribution in [2.75, 3.05) is 32.7 Å². The summed E-state index contributed by atoms with van der Waals surface area (Å²) in [6, 6.07) is 2.12. The fraction of sp³-hybridized carbons (Fsp3) is 0.500. The van der Waals surface area contributed by atoms with Gasteiger partial charge in [0.2, 0.25) is 0 Å². The predicted molar refractivity (Wildman–Crippen MR) is 65.2 cm³/mol. The molecule has 80 valence electrons. The van der Waals surface area contributed by atoms with Crippen LogP contribution >= 0.6 is 11.3 Å². The van der Waals surface area contributed by atoms with Crippen LogP contribution in [0.5, 0.6) is 0 Å². The van der Waals surface area contributed by atoms with E-state index in [0.29, 0.717) is 0 Å². The van der Waals surface area contributed by atoms with Gasteiger partial charge in [-0.2, -0.15) is 0 Å². The summed E-state index contributed by atoms with van der Waals surface area (Å²) in [5.74, 6) is 6.50. The summed E-state index contributed by atoms with van der Waals surface area (Å²) < 4.78 is 0. The average Bonchev–Trinajstić information content (AvgIpc) is 2.66. The van der Waals surface area contributed by atoms with E-state index in [2.05, 4.69) is 40.4 Å². The van der Waals surface area contributed by atoms with Crippen LogP contribution in [-0.2, 0) is 0 Å². The van der Waals surface area contributed by atoms with Crippen LogP contribution in [0, 0.1) is 18.8 Å². The molecule has 1 aliphatic heterocycles. The molecule has 2 rings (SSSR count). The van der Waals surface area contributed by atoms with Gasteiger partial charge in [-0.15, -0.1) is 11.3 Å². The summed E-state index contributed by atoms with van der Waals surface area (Å²) in [7, 11) is 0. The number of nitrogens with zero attached hydrogens (tertiary/aromatic N) is 1. The van der Waals surface area contributed by atoms with Crippen LogP contribution in [0.25, 0.3) is 0 Å². The normalized spacial score (nSPS) is 17.1. The zero-order chi connectivity index (χ0) is 10.5. The highest BCUT2D eigenvalue weighted by atomic mass is 32.1. The quantitative estimate of drug-likeness (QED) is 0.718. The number of nitrogens with one attached hydrogen (secondary N) is 1. The first kappa shape index (κ1) is 10.7. The second-order valence-corrected chi connectivity index (χ2v) is 4.68. The van der Waals surface area contributed by atoms with Gasteiger partial charge in [0, 0.05) is 26.2 Å². The van der Waals surface area contributed by atoms with Crippen LogP contribution in [0.15, 0.2) is 11.4 Å². The Morgan fingerprint density at radius 2 is 2.27 bits per heavy atom. The maximum atomic E-state index is 3.34. The van der Waals surface area contributed by atoms with Crippen molar-refractivity contribution in [2.24, 2.45) is 0 Å². The Morgan fingerprint density at radius 3 is 2.93 bits per heavy atom. The molecule has 0 bridgehead atoms. The number of hydrogen-bond donors (Lipinski definition) is 1. The topological polar surface area (TPSA) is 15.3 Å². The van der Waals surface area contributed by atoms with E-state index in [-0.39, 0.29) is 0 Å². The van der Waals surface area contributed by atoms with Gasteiger partial charge in [0.05, 0.1) is 11.4 Å². The molecule has 15 heavy (non-hydrogen) atoms. The molecular weight excluding hydrogens is 204 g/mol. The molecule has 2 heterocycles. The smallest absolute Gasteiger partial charge is 0.0797 e. The van der Waals surface area contributed by atoms with E-state index in [4.69, 9.17) is 0 Å². The van der Waals surface area contributed by atoms with Gasteiger partial charge >= 0.3 is 0 Å². The fourth-order valence-corrected chi connectivity index (χ4v) is 2.39. The number of thiophene rings is 1. The summed E-state index contributed by atoms with van der Waals surface area (Å²) in [6.07, 6.45) is 0. The second-order valence-electron chi connectivity index (χ2n) is 3.76. The minimum absolute atomic E-state index is 0.902. The van der Waals surface area contributed by atoms with Crippen molar-refractivity contribution < 1.29 is 0 Å². The van der Waals surface area contributed by atoms with E-state index in [1.54, 1.807) is 11.3 Å². The first-order valence-electron chi connectivity index (χ1n) is 5.32. The molecule has 2 nitrogen and oxygen atoms in total. The summed E-state index contributed by atoms with van der Waals surface area (Å²) in [5.41, 5.74) is 1.30. The molecule has 1 saturated heterocycles. The molecule has 1 aromatic heterocycles. The van der Waals surface area contributed by atoms with Gasteiger partial charge in [-0.3, -0.25) is 4.90 Å². The Kier molecular flexibility index (Phi) is 3.79. The lowest BCUT2D eigenvalue weighted by Crippen LogP contribution is -2.43. The van der Waals surface area contributed by atoms with E-state index < -0.39 is 0 Å². The average molecular weight is 220 g/mol. The Morgan fingerprint density at radius 1 is 1.47 bits per heavy atom. The Labute approximate surface area is 95.3 Å². The lowest BCUT2D eigenvalue weighted by atomic mass is 10.3. The molecule has 1 N–H and O–H groups in total. The van der Waals surface area contributed by atoms with Gasteiger partial charge in [0.25, 0.3) is 0 Å². The molecule has 0 unspecified atom stereocenters. The summed E-state index contributed by atoms with van der Waals surface area (Å²) in [4.78, 5) is 3.61. The molecule has 0 aromatic carbocycles. The Hall–Kier alpha value is -0.820. The van der Waals surface area contributed by atoms with Crippen molar-refractivity contribution in [3.05, 3.63) is 21.9 Å². The maximum absolute atomic E-state index is 3.34. The lowest BCUT2D eigenvalue weighted by Gasteiger charge is -2.24. The zero-order valence-corrected chi connectivity index (χ0v) is 9.86. The van der Waals surface area contributed by atoms with Crippen molar-refractivity contribution in [1.82, 2.24) is 10.2 Å². The van der Waals surface area contributed by atoms with Gasteiger partial charge in [0.1, 0.15) is 0 Å². The highest BCUT2D eigenvalue weighted by Crippen LogP contribution is 2.13. The number of hydrogen-bond acceptors (Lipinski definition) is 3. The number of piperazine rings is 1. The molecule has 1 aromatic rings. The van der Waals surface area contributed by atoms with E-state index >= 15 is 0 Å². The number of rotatable bonds is 1. The summed E-state index contributed by atoms with van der Waals surface area (Å²) >= 11 is 1.73. The van der Waals surface area contributed by atoms with Crippen molar-refractivity contribution >= 4 is 11.3 Å². The predicted octanol–water partition coefficient (Wildman–Crippen LogP) is 1.31. The van der Waals surface area contributed by atoms with E-state index in [9.17, 15) is 0 Å². The van der Waals surface area contributed by atoms with E-state index in [1.165, 1.54) is 10.4 Å². The summed E-state index contributed by atoms with van der Waals surface area (Å²) in [6.45, 7) is 7.46. The molecule has 0 saturated carbocycles. The molecule has 1 aliphatic rings. The van der Waals surface area contributed by atoms with Gasteiger partial charge in [-0.05, 0) is 23.9 Å².